The average molecular weight is 290 g/mol. The molecule has 1 aromatic carbocycles. The van der Waals surface area contributed by atoms with Crippen molar-refractivity contribution in [1.82, 2.24) is 4.98 Å². The number of benzene rings is 1. The number of aromatic nitrogens is 1. The van der Waals surface area contributed by atoms with Crippen LogP contribution >= 0.6 is 11.3 Å². The van der Waals surface area contributed by atoms with Crippen molar-refractivity contribution in [2.45, 2.75) is 39.2 Å². The molecular formula is C16H22N2OS. The number of ether oxygens (including phenoxy) is 1. The lowest BCUT2D eigenvalue weighted by Gasteiger charge is -2.09. The van der Waals surface area contributed by atoms with Crippen LogP contribution in [0, 0.1) is 0 Å². The summed E-state index contributed by atoms with van der Waals surface area (Å²) < 4.78 is 5.81. The second-order valence-electron chi connectivity index (χ2n) is 5.28. The van der Waals surface area contributed by atoms with Gasteiger partial charge < -0.3 is 10.5 Å². The second-order valence-corrected chi connectivity index (χ2v) is 6.22. The van der Waals surface area contributed by atoms with Crippen molar-refractivity contribution in [1.29, 1.82) is 0 Å². The summed E-state index contributed by atoms with van der Waals surface area (Å²) in [6, 6.07) is 8.29. The van der Waals surface area contributed by atoms with E-state index >= 15 is 0 Å². The molecule has 0 radical (unpaired) electrons. The fourth-order valence-electron chi connectivity index (χ4n) is 1.87. The molecule has 0 saturated carbocycles. The molecule has 0 amide bonds. The SMILES string of the molecule is CC(C)c1cccc(OCCc2nc(C(C)N)cs2)c1. The van der Waals surface area contributed by atoms with E-state index in [1.165, 1.54) is 5.56 Å². The van der Waals surface area contributed by atoms with E-state index in [1.807, 2.05) is 24.4 Å². The molecule has 0 saturated heterocycles. The quantitative estimate of drug-likeness (QED) is 0.877. The Hall–Kier alpha value is -1.39. The van der Waals surface area contributed by atoms with E-state index in [-0.39, 0.29) is 6.04 Å². The van der Waals surface area contributed by atoms with E-state index in [0.717, 1.165) is 22.9 Å². The third-order valence-electron chi connectivity index (χ3n) is 3.15. The number of thiazole rings is 1. The normalized spacial score (nSPS) is 12.7. The molecule has 2 aromatic rings. The van der Waals surface area contributed by atoms with Crippen LogP contribution in [-0.2, 0) is 6.42 Å². The molecule has 1 heterocycles. The highest BCUT2D eigenvalue weighted by Crippen LogP contribution is 2.21. The fraction of sp³-hybridized carbons (Fsp3) is 0.438. The monoisotopic (exact) mass is 290 g/mol. The molecule has 2 N–H and O–H groups in total. The maximum atomic E-state index is 5.81. The summed E-state index contributed by atoms with van der Waals surface area (Å²) in [7, 11) is 0. The van der Waals surface area contributed by atoms with Gasteiger partial charge in [0.25, 0.3) is 0 Å². The van der Waals surface area contributed by atoms with Gasteiger partial charge in [0.1, 0.15) is 5.75 Å². The van der Waals surface area contributed by atoms with Gasteiger partial charge in [0.15, 0.2) is 0 Å². The molecule has 0 aliphatic heterocycles. The van der Waals surface area contributed by atoms with E-state index < -0.39 is 0 Å². The summed E-state index contributed by atoms with van der Waals surface area (Å²) >= 11 is 1.65. The van der Waals surface area contributed by atoms with Gasteiger partial charge in [-0.15, -0.1) is 11.3 Å². The van der Waals surface area contributed by atoms with Crippen molar-refractivity contribution >= 4 is 11.3 Å². The summed E-state index contributed by atoms with van der Waals surface area (Å²) in [6.45, 7) is 6.97. The minimum atomic E-state index is 0.00337. The molecule has 1 atom stereocenters. The van der Waals surface area contributed by atoms with Gasteiger partial charge in [0, 0.05) is 17.8 Å². The smallest absolute Gasteiger partial charge is 0.119 e. The Labute approximate surface area is 124 Å². The molecule has 1 aromatic heterocycles. The second kappa shape index (κ2) is 6.86. The van der Waals surface area contributed by atoms with Crippen molar-refractivity contribution < 1.29 is 4.74 Å². The molecule has 108 valence electrons. The van der Waals surface area contributed by atoms with Crippen molar-refractivity contribution in [2.24, 2.45) is 5.73 Å². The van der Waals surface area contributed by atoms with E-state index in [0.29, 0.717) is 12.5 Å². The molecule has 4 heteroatoms. The lowest BCUT2D eigenvalue weighted by molar-refractivity contribution is 0.321. The number of nitrogens with zero attached hydrogens (tertiary/aromatic N) is 1. The number of hydrogen-bond acceptors (Lipinski definition) is 4. The molecule has 0 aliphatic rings. The molecule has 0 spiro atoms. The third-order valence-corrected chi connectivity index (χ3v) is 4.07. The van der Waals surface area contributed by atoms with Crippen molar-refractivity contribution in [3.8, 4) is 5.75 Å². The lowest BCUT2D eigenvalue weighted by atomic mass is 10.0. The number of hydrogen-bond donors (Lipinski definition) is 1. The predicted molar refractivity (Wildman–Crippen MR) is 84.4 cm³/mol. The Morgan fingerprint density at radius 3 is 2.75 bits per heavy atom. The van der Waals surface area contributed by atoms with Gasteiger partial charge >= 0.3 is 0 Å². The fourth-order valence-corrected chi connectivity index (χ4v) is 2.75. The van der Waals surface area contributed by atoms with Gasteiger partial charge in [-0.05, 0) is 30.5 Å². The van der Waals surface area contributed by atoms with E-state index in [4.69, 9.17) is 10.5 Å². The molecule has 3 nitrogen and oxygen atoms in total. The zero-order valence-electron chi connectivity index (χ0n) is 12.3. The zero-order chi connectivity index (χ0) is 14.5. The Bertz CT molecular complexity index is 549. The Kier molecular flexibility index (Phi) is 5.15. The first-order chi connectivity index (χ1) is 9.56. The first kappa shape index (κ1) is 15.0. The van der Waals surface area contributed by atoms with Gasteiger partial charge in [-0.1, -0.05) is 26.0 Å². The minimum Gasteiger partial charge on any atom is -0.493 e. The number of nitrogens with two attached hydrogens (primary N) is 1. The average Bonchev–Trinajstić information content (AvgIpc) is 2.88. The molecule has 1 unspecified atom stereocenters. The summed E-state index contributed by atoms with van der Waals surface area (Å²) in [6.07, 6.45) is 0.823. The molecule has 0 fully saturated rings. The predicted octanol–water partition coefficient (Wildman–Crippen LogP) is 3.91. The first-order valence-electron chi connectivity index (χ1n) is 6.99. The van der Waals surface area contributed by atoms with Crippen LogP contribution in [0.1, 0.15) is 49.0 Å². The van der Waals surface area contributed by atoms with Crippen LogP contribution < -0.4 is 10.5 Å². The Balaban J connectivity index is 1.87. The Morgan fingerprint density at radius 1 is 1.30 bits per heavy atom. The maximum Gasteiger partial charge on any atom is 0.119 e. The molecule has 0 aliphatic carbocycles. The van der Waals surface area contributed by atoms with Crippen LogP contribution in [0.2, 0.25) is 0 Å². The maximum absolute atomic E-state index is 5.81. The van der Waals surface area contributed by atoms with Gasteiger partial charge in [-0.25, -0.2) is 4.98 Å². The van der Waals surface area contributed by atoms with Gasteiger partial charge in [0.05, 0.1) is 17.3 Å². The zero-order valence-corrected chi connectivity index (χ0v) is 13.1. The summed E-state index contributed by atoms with van der Waals surface area (Å²) in [5.74, 6) is 1.45. The highest BCUT2D eigenvalue weighted by atomic mass is 32.1. The largest absolute Gasteiger partial charge is 0.493 e. The van der Waals surface area contributed by atoms with Crippen LogP contribution in [0.15, 0.2) is 29.6 Å². The third kappa shape index (κ3) is 4.05. The summed E-state index contributed by atoms with van der Waals surface area (Å²) in [5, 5.41) is 3.11. The van der Waals surface area contributed by atoms with E-state index in [1.54, 1.807) is 11.3 Å². The number of rotatable bonds is 6. The van der Waals surface area contributed by atoms with Crippen molar-refractivity contribution in [2.75, 3.05) is 6.61 Å². The van der Waals surface area contributed by atoms with Gasteiger partial charge in [0.2, 0.25) is 0 Å². The minimum absolute atomic E-state index is 0.00337. The highest BCUT2D eigenvalue weighted by Gasteiger charge is 2.06. The van der Waals surface area contributed by atoms with Crippen LogP contribution in [0.5, 0.6) is 5.75 Å². The molecule has 0 bridgehead atoms. The van der Waals surface area contributed by atoms with Crippen molar-refractivity contribution in [3.63, 3.8) is 0 Å². The van der Waals surface area contributed by atoms with Crippen LogP contribution in [-0.4, -0.2) is 11.6 Å². The van der Waals surface area contributed by atoms with Crippen LogP contribution in [0.4, 0.5) is 0 Å². The van der Waals surface area contributed by atoms with Crippen molar-refractivity contribution in [3.05, 3.63) is 45.9 Å². The van der Waals surface area contributed by atoms with Gasteiger partial charge in [-0.3, -0.25) is 0 Å². The summed E-state index contributed by atoms with van der Waals surface area (Å²) in [4.78, 5) is 4.50. The topological polar surface area (TPSA) is 48.1 Å². The van der Waals surface area contributed by atoms with Crippen LogP contribution in [0.3, 0.4) is 0 Å². The van der Waals surface area contributed by atoms with E-state index in [9.17, 15) is 0 Å². The molecular weight excluding hydrogens is 268 g/mol. The first-order valence-corrected chi connectivity index (χ1v) is 7.87. The molecule has 2 rings (SSSR count). The van der Waals surface area contributed by atoms with Gasteiger partial charge in [-0.2, -0.15) is 0 Å². The highest BCUT2D eigenvalue weighted by molar-refractivity contribution is 7.09. The Morgan fingerprint density at radius 2 is 2.10 bits per heavy atom. The van der Waals surface area contributed by atoms with Crippen LogP contribution in [0.25, 0.3) is 0 Å². The lowest BCUT2D eigenvalue weighted by Crippen LogP contribution is -2.06. The summed E-state index contributed by atoms with van der Waals surface area (Å²) in [5.41, 5.74) is 8.07. The molecule has 20 heavy (non-hydrogen) atoms. The van der Waals surface area contributed by atoms with E-state index in [2.05, 4.69) is 31.0 Å². The standard InChI is InChI=1S/C16H22N2OS/c1-11(2)13-5-4-6-14(9-13)19-8-7-16-18-15(10-20-16)12(3)17/h4-6,9-12H,7-8,17H2,1-3H3.